The molecule has 0 aliphatic heterocycles. The average molecular weight is 291 g/mol. The number of hydrogen-bond donors (Lipinski definition) is 2. The van der Waals surface area contributed by atoms with Crippen LogP contribution in [0, 0.1) is 5.82 Å². The van der Waals surface area contributed by atoms with Gasteiger partial charge in [-0.1, -0.05) is 17.7 Å². The minimum atomic E-state index is -0.518. The minimum Gasteiger partial charge on any atom is -0.351 e. The van der Waals surface area contributed by atoms with Gasteiger partial charge >= 0.3 is 0 Å². The van der Waals surface area contributed by atoms with Crippen molar-refractivity contribution in [2.75, 3.05) is 13.2 Å². The van der Waals surface area contributed by atoms with E-state index in [9.17, 15) is 4.39 Å². The van der Waals surface area contributed by atoms with E-state index in [1.807, 2.05) is 13.8 Å². The molecule has 1 aromatic rings. The van der Waals surface area contributed by atoms with Crippen molar-refractivity contribution in [3.8, 4) is 0 Å². The second-order valence-electron chi connectivity index (χ2n) is 3.99. The van der Waals surface area contributed by atoms with Gasteiger partial charge in [-0.3, -0.25) is 11.3 Å². The van der Waals surface area contributed by atoms with Gasteiger partial charge in [0.15, 0.2) is 6.29 Å². The molecule has 108 valence electrons. The van der Waals surface area contributed by atoms with Crippen molar-refractivity contribution in [1.29, 1.82) is 0 Å². The van der Waals surface area contributed by atoms with Crippen LogP contribution in [0.15, 0.2) is 18.2 Å². The van der Waals surface area contributed by atoms with Crippen LogP contribution in [0.25, 0.3) is 0 Å². The summed E-state index contributed by atoms with van der Waals surface area (Å²) in [5.74, 6) is 5.14. The Morgan fingerprint density at radius 2 is 1.95 bits per heavy atom. The fourth-order valence-corrected chi connectivity index (χ4v) is 1.93. The van der Waals surface area contributed by atoms with E-state index in [-0.39, 0.29) is 11.9 Å². The Morgan fingerprint density at radius 3 is 2.42 bits per heavy atom. The molecule has 1 rings (SSSR count). The van der Waals surface area contributed by atoms with Gasteiger partial charge in [0.05, 0.1) is 6.04 Å². The van der Waals surface area contributed by atoms with Crippen LogP contribution in [0.2, 0.25) is 5.02 Å². The monoisotopic (exact) mass is 290 g/mol. The van der Waals surface area contributed by atoms with Crippen molar-refractivity contribution in [1.82, 2.24) is 5.43 Å². The van der Waals surface area contributed by atoms with E-state index in [1.165, 1.54) is 6.07 Å². The summed E-state index contributed by atoms with van der Waals surface area (Å²) >= 11 is 5.72. The first kappa shape index (κ1) is 16.3. The summed E-state index contributed by atoms with van der Waals surface area (Å²) in [4.78, 5) is 0. The highest BCUT2D eigenvalue weighted by atomic mass is 35.5. The largest absolute Gasteiger partial charge is 0.351 e. The van der Waals surface area contributed by atoms with Crippen LogP contribution in [0.3, 0.4) is 0 Å². The highest BCUT2D eigenvalue weighted by Gasteiger charge is 2.22. The third-order valence-corrected chi connectivity index (χ3v) is 2.89. The van der Waals surface area contributed by atoms with E-state index in [0.717, 1.165) is 0 Å². The number of nitrogens with two attached hydrogens (primary N) is 1. The smallest absolute Gasteiger partial charge is 0.174 e. The van der Waals surface area contributed by atoms with Crippen molar-refractivity contribution in [2.24, 2.45) is 5.84 Å². The molecular formula is C13H20ClFN2O2. The third-order valence-electron chi connectivity index (χ3n) is 2.66. The van der Waals surface area contributed by atoms with Crippen LogP contribution < -0.4 is 11.3 Å². The van der Waals surface area contributed by atoms with E-state index in [4.69, 9.17) is 26.9 Å². The summed E-state index contributed by atoms with van der Waals surface area (Å²) in [5.41, 5.74) is 3.12. The Hall–Kier alpha value is -0.720. The summed E-state index contributed by atoms with van der Waals surface area (Å²) in [5, 5.41) is 0.365. The zero-order chi connectivity index (χ0) is 14.3. The Kier molecular flexibility index (Phi) is 7.27. The van der Waals surface area contributed by atoms with Gasteiger partial charge in [0, 0.05) is 18.2 Å². The van der Waals surface area contributed by atoms with E-state index in [1.54, 1.807) is 12.1 Å². The first-order valence-corrected chi connectivity index (χ1v) is 6.63. The predicted molar refractivity (Wildman–Crippen MR) is 73.3 cm³/mol. The van der Waals surface area contributed by atoms with Crippen LogP contribution in [-0.2, 0) is 15.9 Å². The van der Waals surface area contributed by atoms with Crippen molar-refractivity contribution < 1.29 is 13.9 Å². The molecule has 0 amide bonds. The molecule has 0 aromatic heterocycles. The molecule has 6 heteroatoms. The summed E-state index contributed by atoms with van der Waals surface area (Å²) in [6.07, 6.45) is -0.167. The maximum atomic E-state index is 13.7. The molecule has 1 atom stereocenters. The van der Waals surface area contributed by atoms with Crippen LogP contribution in [0.1, 0.15) is 19.4 Å². The first-order chi connectivity index (χ1) is 9.12. The van der Waals surface area contributed by atoms with E-state index in [2.05, 4.69) is 5.43 Å². The number of halogens is 2. The normalized spacial score (nSPS) is 12.9. The Morgan fingerprint density at radius 1 is 1.32 bits per heavy atom. The quantitative estimate of drug-likeness (QED) is 0.438. The Balaban J connectivity index is 2.78. The second kappa shape index (κ2) is 8.45. The SMILES string of the molecule is CCOC(OCC)C(Cc1ccc(Cl)cc1F)NN. The average Bonchev–Trinajstić information content (AvgIpc) is 2.38. The standard InChI is InChI=1S/C13H20ClFN2O2/c1-3-18-13(19-4-2)12(17-16)7-9-5-6-10(14)8-11(9)15/h5-6,8,12-13,17H,3-4,7,16H2,1-2H3. The molecule has 0 aliphatic carbocycles. The number of hydrogen-bond acceptors (Lipinski definition) is 4. The molecule has 1 aromatic carbocycles. The zero-order valence-electron chi connectivity index (χ0n) is 11.2. The van der Waals surface area contributed by atoms with Crippen LogP contribution in [0.4, 0.5) is 4.39 Å². The molecule has 0 saturated carbocycles. The molecule has 19 heavy (non-hydrogen) atoms. The van der Waals surface area contributed by atoms with Gasteiger partial charge in [-0.15, -0.1) is 0 Å². The van der Waals surface area contributed by atoms with Gasteiger partial charge in [-0.2, -0.15) is 0 Å². The number of ether oxygens (including phenoxy) is 2. The van der Waals surface area contributed by atoms with Crippen LogP contribution in [0.5, 0.6) is 0 Å². The van der Waals surface area contributed by atoms with Gasteiger partial charge in [0.1, 0.15) is 5.82 Å². The lowest BCUT2D eigenvalue weighted by molar-refractivity contribution is -0.153. The van der Waals surface area contributed by atoms with Gasteiger partial charge in [-0.25, -0.2) is 4.39 Å². The van der Waals surface area contributed by atoms with E-state index >= 15 is 0 Å². The Bertz CT molecular complexity index is 387. The molecule has 3 N–H and O–H groups in total. The van der Waals surface area contributed by atoms with Gasteiger partial charge in [-0.05, 0) is 38.0 Å². The summed E-state index contributed by atoms with van der Waals surface area (Å²) in [6.45, 7) is 4.71. The van der Waals surface area contributed by atoms with E-state index < -0.39 is 6.29 Å². The molecule has 0 spiro atoms. The molecule has 0 bridgehead atoms. The van der Waals surface area contributed by atoms with Crippen LogP contribution >= 0.6 is 11.6 Å². The molecule has 0 heterocycles. The number of nitrogens with one attached hydrogen (secondary N) is 1. The number of rotatable bonds is 8. The summed E-state index contributed by atoms with van der Waals surface area (Å²) < 4.78 is 24.7. The lowest BCUT2D eigenvalue weighted by atomic mass is 10.1. The van der Waals surface area contributed by atoms with Crippen molar-refractivity contribution in [3.05, 3.63) is 34.6 Å². The minimum absolute atomic E-state index is 0.337. The molecule has 0 fully saturated rings. The lowest BCUT2D eigenvalue weighted by Crippen LogP contribution is -2.48. The molecule has 0 aliphatic rings. The maximum Gasteiger partial charge on any atom is 0.174 e. The van der Waals surface area contributed by atoms with Crippen molar-refractivity contribution in [2.45, 2.75) is 32.6 Å². The van der Waals surface area contributed by atoms with Crippen molar-refractivity contribution in [3.63, 3.8) is 0 Å². The zero-order valence-corrected chi connectivity index (χ0v) is 11.9. The number of benzene rings is 1. The topological polar surface area (TPSA) is 56.5 Å². The van der Waals surface area contributed by atoms with E-state index in [0.29, 0.717) is 30.2 Å². The first-order valence-electron chi connectivity index (χ1n) is 6.25. The molecule has 4 nitrogen and oxygen atoms in total. The van der Waals surface area contributed by atoms with Crippen LogP contribution in [-0.4, -0.2) is 25.5 Å². The summed E-state index contributed by atoms with van der Waals surface area (Å²) in [6, 6.07) is 4.22. The van der Waals surface area contributed by atoms with Gasteiger partial charge in [0.25, 0.3) is 0 Å². The fourth-order valence-electron chi connectivity index (χ4n) is 1.77. The Labute approximate surface area is 118 Å². The van der Waals surface area contributed by atoms with Gasteiger partial charge < -0.3 is 9.47 Å². The number of hydrazine groups is 1. The highest BCUT2D eigenvalue weighted by Crippen LogP contribution is 2.17. The molecule has 1 unspecified atom stereocenters. The lowest BCUT2D eigenvalue weighted by Gasteiger charge is -2.26. The third kappa shape index (κ3) is 5.04. The summed E-state index contributed by atoms with van der Waals surface area (Å²) in [7, 11) is 0. The molecule has 0 radical (unpaired) electrons. The van der Waals surface area contributed by atoms with Crippen molar-refractivity contribution >= 4 is 11.6 Å². The highest BCUT2D eigenvalue weighted by molar-refractivity contribution is 6.30. The molecular weight excluding hydrogens is 271 g/mol. The molecule has 0 saturated heterocycles. The predicted octanol–water partition coefficient (Wildman–Crippen LogP) is 2.25. The maximum absolute atomic E-state index is 13.7. The van der Waals surface area contributed by atoms with Gasteiger partial charge in [0.2, 0.25) is 0 Å². The second-order valence-corrected chi connectivity index (χ2v) is 4.43. The fraction of sp³-hybridized carbons (Fsp3) is 0.538.